The first-order valence-electron chi connectivity index (χ1n) is 5.20. The second-order valence-electron chi connectivity index (χ2n) is 3.57. The van der Waals surface area contributed by atoms with Gasteiger partial charge in [0.15, 0.2) is 0 Å². The summed E-state index contributed by atoms with van der Waals surface area (Å²) in [5, 5.41) is 3.51. The predicted octanol–water partition coefficient (Wildman–Crippen LogP) is 3.32. The molecular formula is C12H16BrNOS. The minimum atomic E-state index is -0.0132. The van der Waals surface area contributed by atoms with E-state index in [1.807, 2.05) is 36.0 Å². The Bertz CT molecular complexity index is 357. The summed E-state index contributed by atoms with van der Waals surface area (Å²) < 4.78 is 0.838. The molecule has 2 nitrogen and oxygen atoms in total. The van der Waals surface area contributed by atoms with Gasteiger partial charge in [-0.3, -0.25) is 4.79 Å². The van der Waals surface area contributed by atoms with Crippen LogP contribution in [-0.2, 0) is 0 Å². The molecule has 0 aliphatic rings. The number of benzene rings is 1. The molecule has 0 radical (unpaired) electrons. The van der Waals surface area contributed by atoms with Crippen molar-refractivity contribution in [2.45, 2.75) is 18.6 Å². The lowest BCUT2D eigenvalue weighted by Gasteiger charge is -2.09. The third-order valence-electron chi connectivity index (χ3n) is 2.36. The Labute approximate surface area is 109 Å². The Balaban J connectivity index is 2.44. The van der Waals surface area contributed by atoms with Crippen molar-refractivity contribution in [2.75, 3.05) is 12.8 Å². The van der Waals surface area contributed by atoms with Crippen molar-refractivity contribution in [3.63, 3.8) is 0 Å². The van der Waals surface area contributed by atoms with Crippen molar-refractivity contribution in [1.29, 1.82) is 0 Å². The fourth-order valence-corrected chi connectivity index (χ4v) is 2.07. The van der Waals surface area contributed by atoms with Gasteiger partial charge in [-0.1, -0.05) is 19.1 Å². The van der Waals surface area contributed by atoms with Gasteiger partial charge in [-0.2, -0.15) is 11.8 Å². The van der Waals surface area contributed by atoms with Crippen LogP contribution in [0.5, 0.6) is 0 Å². The van der Waals surface area contributed by atoms with E-state index in [0.29, 0.717) is 10.8 Å². The molecule has 1 unspecified atom stereocenters. The molecule has 0 saturated heterocycles. The van der Waals surface area contributed by atoms with E-state index < -0.39 is 0 Å². The molecule has 4 heteroatoms. The number of hydrogen-bond donors (Lipinski definition) is 1. The van der Waals surface area contributed by atoms with Gasteiger partial charge < -0.3 is 5.32 Å². The quantitative estimate of drug-likeness (QED) is 0.904. The molecular weight excluding hydrogens is 286 g/mol. The van der Waals surface area contributed by atoms with Gasteiger partial charge in [0.25, 0.3) is 5.91 Å². The van der Waals surface area contributed by atoms with Crippen LogP contribution >= 0.6 is 27.7 Å². The molecule has 1 aromatic carbocycles. The van der Waals surface area contributed by atoms with Crippen LogP contribution in [0.4, 0.5) is 0 Å². The Kier molecular flexibility index (Phi) is 5.91. The van der Waals surface area contributed by atoms with E-state index in [0.717, 1.165) is 17.4 Å². The van der Waals surface area contributed by atoms with Crippen molar-refractivity contribution < 1.29 is 4.79 Å². The van der Waals surface area contributed by atoms with E-state index in [9.17, 15) is 4.79 Å². The Morgan fingerprint density at radius 1 is 1.50 bits per heavy atom. The van der Waals surface area contributed by atoms with Crippen molar-refractivity contribution in [1.82, 2.24) is 5.32 Å². The number of carbonyl (C=O) groups excluding carboxylic acids is 1. The average Bonchev–Trinajstić information content (AvgIpc) is 2.29. The SMILES string of the molecule is CSC(C)CCNC(=O)c1ccccc1Br. The Morgan fingerprint density at radius 3 is 2.81 bits per heavy atom. The van der Waals surface area contributed by atoms with Gasteiger partial charge in [-0.15, -0.1) is 0 Å². The van der Waals surface area contributed by atoms with Gasteiger partial charge in [0.1, 0.15) is 0 Å². The number of hydrogen-bond acceptors (Lipinski definition) is 2. The van der Waals surface area contributed by atoms with Gasteiger partial charge in [-0.05, 0) is 40.7 Å². The monoisotopic (exact) mass is 301 g/mol. The molecule has 0 spiro atoms. The molecule has 0 bridgehead atoms. The van der Waals surface area contributed by atoms with Gasteiger partial charge >= 0.3 is 0 Å². The summed E-state index contributed by atoms with van der Waals surface area (Å²) in [6, 6.07) is 7.46. The molecule has 1 atom stereocenters. The van der Waals surface area contributed by atoms with E-state index in [4.69, 9.17) is 0 Å². The van der Waals surface area contributed by atoms with E-state index in [1.54, 1.807) is 0 Å². The maximum absolute atomic E-state index is 11.8. The molecule has 0 aliphatic carbocycles. The summed E-state index contributed by atoms with van der Waals surface area (Å²) in [6.45, 7) is 2.89. The maximum Gasteiger partial charge on any atom is 0.252 e. The van der Waals surface area contributed by atoms with E-state index in [-0.39, 0.29) is 5.91 Å². The zero-order valence-corrected chi connectivity index (χ0v) is 11.9. The fraction of sp³-hybridized carbons (Fsp3) is 0.417. The number of thioether (sulfide) groups is 1. The lowest BCUT2D eigenvalue weighted by molar-refractivity contribution is 0.0952. The first-order chi connectivity index (χ1) is 7.65. The summed E-state index contributed by atoms with van der Waals surface area (Å²) in [5.74, 6) is -0.0132. The average molecular weight is 302 g/mol. The van der Waals surface area contributed by atoms with Crippen molar-refractivity contribution >= 4 is 33.6 Å². The molecule has 88 valence electrons. The third kappa shape index (κ3) is 4.18. The molecule has 0 heterocycles. The normalized spacial score (nSPS) is 12.2. The molecule has 0 fully saturated rings. The minimum absolute atomic E-state index is 0.0132. The largest absolute Gasteiger partial charge is 0.352 e. The summed E-state index contributed by atoms with van der Waals surface area (Å²) in [5.41, 5.74) is 0.694. The van der Waals surface area contributed by atoms with Crippen LogP contribution in [0.25, 0.3) is 0 Å². The zero-order chi connectivity index (χ0) is 12.0. The van der Waals surface area contributed by atoms with Crippen LogP contribution < -0.4 is 5.32 Å². The van der Waals surface area contributed by atoms with Gasteiger partial charge in [0.2, 0.25) is 0 Å². The highest BCUT2D eigenvalue weighted by molar-refractivity contribution is 9.10. The molecule has 16 heavy (non-hydrogen) atoms. The third-order valence-corrected chi connectivity index (χ3v) is 4.09. The molecule has 1 N–H and O–H groups in total. The highest BCUT2D eigenvalue weighted by atomic mass is 79.9. The fourth-order valence-electron chi connectivity index (χ4n) is 1.25. The molecule has 0 aliphatic heterocycles. The lowest BCUT2D eigenvalue weighted by Crippen LogP contribution is -2.26. The number of rotatable bonds is 5. The zero-order valence-electron chi connectivity index (χ0n) is 9.50. The Hall–Kier alpha value is -0.480. The molecule has 1 amide bonds. The second-order valence-corrected chi connectivity index (χ2v) is 5.70. The number of amides is 1. The summed E-state index contributed by atoms with van der Waals surface area (Å²) in [6.07, 6.45) is 3.08. The topological polar surface area (TPSA) is 29.1 Å². The summed E-state index contributed by atoms with van der Waals surface area (Å²) in [4.78, 5) is 11.8. The molecule has 1 rings (SSSR count). The number of carbonyl (C=O) groups is 1. The van der Waals surface area contributed by atoms with Crippen molar-refractivity contribution in [3.05, 3.63) is 34.3 Å². The Morgan fingerprint density at radius 2 is 2.19 bits per heavy atom. The smallest absolute Gasteiger partial charge is 0.252 e. The summed E-state index contributed by atoms with van der Waals surface area (Å²) in [7, 11) is 0. The maximum atomic E-state index is 11.8. The highest BCUT2D eigenvalue weighted by Crippen LogP contribution is 2.15. The van der Waals surface area contributed by atoms with Crippen LogP contribution in [0.2, 0.25) is 0 Å². The number of halogens is 1. The lowest BCUT2D eigenvalue weighted by atomic mass is 10.2. The van der Waals surface area contributed by atoms with Gasteiger partial charge in [-0.25, -0.2) is 0 Å². The summed E-state index contributed by atoms with van der Waals surface area (Å²) >= 11 is 5.18. The first-order valence-corrected chi connectivity index (χ1v) is 7.28. The predicted molar refractivity (Wildman–Crippen MR) is 74.1 cm³/mol. The molecule has 1 aromatic rings. The van der Waals surface area contributed by atoms with Gasteiger partial charge in [0, 0.05) is 16.3 Å². The standard InChI is InChI=1S/C12H16BrNOS/c1-9(16-2)7-8-14-12(15)10-5-3-4-6-11(10)13/h3-6,9H,7-8H2,1-2H3,(H,14,15). The number of nitrogens with one attached hydrogen (secondary N) is 1. The molecule has 0 saturated carbocycles. The molecule has 0 aromatic heterocycles. The van der Waals surface area contributed by atoms with Crippen molar-refractivity contribution in [2.24, 2.45) is 0 Å². The minimum Gasteiger partial charge on any atom is -0.352 e. The second kappa shape index (κ2) is 6.97. The first kappa shape index (κ1) is 13.6. The van der Waals surface area contributed by atoms with Crippen LogP contribution in [0.3, 0.4) is 0 Å². The highest BCUT2D eigenvalue weighted by Gasteiger charge is 2.08. The van der Waals surface area contributed by atoms with Crippen LogP contribution in [0, 0.1) is 0 Å². The van der Waals surface area contributed by atoms with E-state index in [1.165, 1.54) is 0 Å². The van der Waals surface area contributed by atoms with Crippen molar-refractivity contribution in [3.8, 4) is 0 Å². The van der Waals surface area contributed by atoms with E-state index >= 15 is 0 Å². The van der Waals surface area contributed by atoms with E-state index in [2.05, 4.69) is 34.4 Å². The van der Waals surface area contributed by atoms with Crippen LogP contribution in [-0.4, -0.2) is 24.0 Å². The van der Waals surface area contributed by atoms with Crippen LogP contribution in [0.15, 0.2) is 28.7 Å². The van der Waals surface area contributed by atoms with Crippen LogP contribution in [0.1, 0.15) is 23.7 Å². The van der Waals surface area contributed by atoms with Gasteiger partial charge in [0.05, 0.1) is 5.56 Å².